The number of anilines is 1. The summed E-state index contributed by atoms with van der Waals surface area (Å²) < 4.78 is 41.1. The lowest BCUT2D eigenvalue weighted by atomic mass is 9.94. The summed E-state index contributed by atoms with van der Waals surface area (Å²) in [6, 6.07) is 17.6. The van der Waals surface area contributed by atoms with Gasteiger partial charge in [0.1, 0.15) is 11.9 Å². The van der Waals surface area contributed by atoms with Gasteiger partial charge in [0.15, 0.2) is 28.9 Å². The van der Waals surface area contributed by atoms with Gasteiger partial charge in [0.05, 0.1) is 12.7 Å². The van der Waals surface area contributed by atoms with E-state index in [1.165, 1.54) is 43.1 Å². The van der Waals surface area contributed by atoms with Gasteiger partial charge in [0.25, 0.3) is 6.47 Å². The second-order valence-corrected chi connectivity index (χ2v) is 10.9. The number of hydrogen-bond donors (Lipinski definition) is 4. The van der Waals surface area contributed by atoms with Gasteiger partial charge in [0.2, 0.25) is 0 Å². The first kappa shape index (κ1) is 33.5. The summed E-state index contributed by atoms with van der Waals surface area (Å²) in [5.41, 5.74) is 4.01. The maximum absolute atomic E-state index is 16.5. The first-order chi connectivity index (χ1) is 23.3. The van der Waals surface area contributed by atoms with Crippen LogP contribution in [-0.2, 0) is 20.9 Å². The predicted octanol–water partition coefficient (Wildman–Crippen LogP) is 5.06. The second kappa shape index (κ2) is 15.2. The van der Waals surface area contributed by atoms with Crippen molar-refractivity contribution in [1.29, 1.82) is 5.26 Å². The Labute approximate surface area is 274 Å². The number of hydroxylamine groups is 1. The molecule has 0 aliphatic carbocycles. The quantitative estimate of drug-likeness (QED) is 0.0566. The molecule has 246 valence electrons. The van der Waals surface area contributed by atoms with Crippen LogP contribution < -0.4 is 20.4 Å². The van der Waals surface area contributed by atoms with Crippen molar-refractivity contribution in [2.45, 2.75) is 25.4 Å². The number of nitrogens with zero attached hydrogens (tertiary/aromatic N) is 3. The summed E-state index contributed by atoms with van der Waals surface area (Å²) in [4.78, 5) is 28.6. The number of rotatable bonds is 11. The average molecular weight is 656 g/mol. The minimum absolute atomic E-state index is 0.0904. The van der Waals surface area contributed by atoms with Crippen LogP contribution in [0.5, 0.6) is 11.5 Å². The molecule has 3 aromatic carbocycles. The van der Waals surface area contributed by atoms with E-state index < -0.39 is 17.5 Å². The molecule has 48 heavy (non-hydrogen) atoms. The van der Waals surface area contributed by atoms with E-state index in [2.05, 4.69) is 15.0 Å². The zero-order valence-corrected chi connectivity index (χ0v) is 25.7. The first-order valence-electron chi connectivity index (χ1n) is 14.9. The van der Waals surface area contributed by atoms with E-state index in [4.69, 9.17) is 9.94 Å². The van der Waals surface area contributed by atoms with Crippen molar-refractivity contribution in [3.63, 3.8) is 0 Å². The summed E-state index contributed by atoms with van der Waals surface area (Å²) in [5.74, 6) is -2.51. The number of methoxy groups -OCH3 is 1. The van der Waals surface area contributed by atoms with Crippen LogP contribution in [-0.4, -0.2) is 53.9 Å². The lowest BCUT2D eigenvalue weighted by Crippen LogP contribution is -2.43. The SMILES string of the molecule is COc1cc(-c2cnc(N3CCC(NCc4ccc(/C=C(/OC=O)C(=O)NO)cc4)CC3)c(F)c2-c2ccc(C#N)c(F)c2)ccc1O. The van der Waals surface area contributed by atoms with Gasteiger partial charge < -0.3 is 24.8 Å². The summed E-state index contributed by atoms with van der Waals surface area (Å²) in [6.07, 6.45) is 4.23. The maximum Gasteiger partial charge on any atom is 0.310 e. The minimum Gasteiger partial charge on any atom is -0.504 e. The largest absolute Gasteiger partial charge is 0.504 e. The van der Waals surface area contributed by atoms with Crippen LogP contribution in [0, 0.1) is 23.0 Å². The molecule has 1 fully saturated rings. The van der Waals surface area contributed by atoms with Gasteiger partial charge in [-0.2, -0.15) is 5.26 Å². The molecule has 0 bridgehead atoms. The molecule has 1 aromatic heterocycles. The second-order valence-electron chi connectivity index (χ2n) is 10.9. The van der Waals surface area contributed by atoms with Crippen molar-refractivity contribution in [3.8, 4) is 39.8 Å². The number of aromatic nitrogens is 1. The van der Waals surface area contributed by atoms with Crippen LogP contribution in [0.25, 0.3) is 28.3 Å². The number of halogens is 2. The number of pyridine rings is 1. The molecule has 0 atom stereocenters. The highest BCUT2D eigenvalue weighted by Gasteiger charge is 2.26. The predicted molar refractivity (Wildman–Crippen MR) is 172 cm³/mol. The van der Waals surface area contributed by atoms with Crippen molar-refractivity contribution < 1.29 is 38.2 Å². The highest BCUT2D eigenvalue weighted by Crippen LogP contribution is 2.40. The van der Waals surface area contributed by atoms with Crippen molar-refractivity contribution in [2.24, 2.45) is 0 Å². The summed E-state index contributed by atoms with van der Waals surface area (Å²) >= 11 is 0. The molecule has 2 heterocycles. The van der Waals surface area contributed by atoms with Gasteiger partial charge in [-0.25, -0.2) is 19.2 Å². The molecule has 1 aliphatic heterocycles. The van der Waals surface area contributed by atoms with Crippen molar-refractivity contribution >= 4 is 24.3 Å². The molecular weight excluding hydrogens is 624 g/mol. The fraction of sp³-hybridized carbons (Fsp3) is 0.200. The van der Waals surface area contributed by atoms with Gasteiger partial charge >= 0.3 is 5.91 Å². The Morgan fingerprint density at radius 1 is 1.10 bits per heavy atom. The molecule has 4 N–H and O–H groups in total. The molecule has 4 aromatic rings. The van der Waals surface area contributed by atoms with Crippen LogP contribution in [0.3, 0.4) is 0 Å². The maximum atomic E-state index is 16.5. The van der Waals surface area contributed by atoms with Crippen molar-refractivity contribution in [2.75, 3.05) is 25.1 Å². The van der Waals surface area contributed by atoms with Crippen LogP contribution >= 0.6 is 0 Å². The lowest BCUT2D eigenvalue weighted by molar-refractivity contribution is -0.135. The van der Waals surface area contributed by atoms with Gasteiger partial charge in [-0.1, -0.05) is 36.4 Å². The van der Waals surface area contributed by atoms with Crippen LogP contribution in [0.2, 0.25) is 0 Å². The molecule has 0 saturated carbocycles. The third kappa shape index (κ3) is 7.41. The summed E-state index contributed by atoms with van der Waals surface area (Å²) in [6.45, 7) is 1.65. The standard InChI is InChI=1S/C35H31F2N5O6/c1-47-30-16-23(8-9-29(30)44)27-19-40-34(33(37)32(27)24-6-7-25(17-38)28(36)15-24)42-12-10-26(11-13-42)39-18-22-4-2-21(3-5-22)14-31(48-20-43)35(45)41-46/h2-9,14-16,19-20,26,39,44,46H,10-13,18H2,1H3,(H,41,45)/b31-14+. The highest BCUT2D eigenvalue weighted by molar-refractivity contribution is 5.96. The van der Waals surface area contributed by atoms with Gasteiger partial charge in [-0.05, 0) is 65.4 Å². The van der Waals surface area contributed by atoms with E-state index >= 15 is 4.39 Å². The Kier molecular flexibility index (Phi) is 10.6. The van der Waals surface area contributed by atoms with Gasteiger partial charge in [-0.15, -0.1) is 0 Å². The minimum atomic E-state index is -0.956. The third-order valence-electron chi connectivity index (χ3n) is 8.04. The number of amides is 1. The molecule has 1 aliphatic rings. The first-order valence-corrected chi connectivity index (χ1v) is 14.9. The number of nitriles is 1. The molecule has 0 radical (unpaired) electrons. The van der Waals surface area contributed by atoms with Gasteiger partial charge in [-0.3, -0.25) is 14.8 Å². The summed E-state index contributed by atoms with van der Waals surface area (Å²) in [7, 11) is 1.40. The zero-order chi connectivity index (χ0) is 34.2. The number of carbonyl (C=O) groups excluding carboxylic acids is 2. The number of ether oxygens (including phenoxy) is 2. The topological polar surface area (TPSA) is 157 Å². The van der Waals surface area contributed by atoms with Crippen LogP contribution in [0.1, 0.15) is 29.5 Å². The van der Waals surface area contributed by atoms with Crippen LogP contribution in [0.4, 0.5) is 14.6 Å². The number of benzene rings is 3. The molecule has 0 spiro atoms. The number of phenolic OH excluding ortho intramolecular Hbond substituents is 1. The number of phenols is 1. The Hall–Kier alpha value is -5.84. The van der Waals surface area contributed by atoms with Crippen molar-refractivity contribution in [1.82, 2.24) is 15.8 Å². The van der Waals surface area contributed by atoms with E-state index in [1.807, 2.05) is 17.0 Å². The van der Waals surface area contributed by atoms with E-state index in [0.29, 0.717) is 49.2 Å². The smallest absolute Gasteiger partial charge is 0.310 e. The normalized spacial score (nSPS) is 13.5. The van der Waals surface area contributed by atoms with E-state index in [1.54, 1.807) is 30.3 Å². The zero-order valence-electron chi connectivity index (χ0n) is 25.7. The highest BCUT2D eigenvalue weighted by atomic mass is 19.1. The molecule has 11 nitrogen and oxygen atoms in total. The van der Waals surface area contributed by atoms with E-state index in [9.17, 15) is 24.3 Å². The average Bonchev–Trinajstić information content (AvgIpc) is 3.11. The van der Waals surface area contributed by atoms with E-state index in [-0.39, 0.29) is 52.3 Å². The Morgan fingerprint density at radius 2 is 1.83 bits per heavy atom. The fourth-order valence-electron chi connectivity index (χ4n) is 5.51. The fourth-order valence-corrected chi connectivity index (χ4v) is 5.51. The molecule has 1 amide bonds. The monoisotopic (exact) mass is 655 g/mol. The third-order valence-corrected chi connectivity index (χ3v) is 8.04. The van der Waals surface area contributed by atoms with Crippen LogP contribution in [0.15, 0.2) is 72.6 Å². The number of carbonyl (C=O) groups is 2. The number of piperidine rings is 1. The molecule has 13 heteroatoms. The Balaban J connectivity index is 1.31. The lowest BCUT2D eigenvalue weighted by Gasteiger charge is -2.34. The number of hydrogen-bond acceptors (Lipinski definition) is 10. The molecule has 5 rings (SSSR count). The molecule has 1 saturated heterocycles. The van der Waals surface area contributed by atoms with E-state index in [0.717, 1.165) is 11.6 Å². The Bertz CT molecular complexity index is 1890. The van der Waals surface area contributed by atoms with Gasteiger partial charge in [0, 0.05) is 43.0 Å². The molecule has 0 unspecified atom stereocenters. The summed E-state index contributed by atoms with van der Waals surface area (Å²) in [5, 5.41) is 31.6. The Morgan fingerprint density at radius 3 is 2.48 bits per heavy atom. The molecular formula is C35H31F2N5O6. The van der Waals surface area contributed by atoms with Crippen molar-refractivity contribution in [3.05, 3.63) is 101 Å². The number of aromatic hydroxyl groups is 1. The number of nitrogens with one attached hydrogen (secondary N) is 2.